The van der Waals surface area contributed by atoms with Gasteiger partial charge in [0.15, 0.2) is 5.65 Å². The molecule has 0 aliphatic carbocycles. The van der Waals surface area contributed by atoms with Gasteiger partial charge in [-0.25, -0.2) is 13.9 Å². The monoisotopic (exact) mass is 422 g/mol. The van der Waals surface area contributed by atoms with E-state index in [-0.39, 0.29) is 23.6 Å². The maximum absolute atomic E-state index is 14.3. The number of carbonyl (C=O) groups is 1. The van der Waals surface area contributed by atoms with Crippen LogP contribution in [0.2, 0.25) is 0 Å². The smallest absolute Gasteiger partial charge is 0.257 e. The molecule has 2 aliphatic heterocycles. The van der Waals surface area contributed by atoms with Gasteiger partial charge in [0.1, 0.15) is 11.6 Å². The minimum absolute atomic E-state index is 0.111. The summed E-state index contributed by atoms with van der Waals surface area (Å²) in [6.45, 7) is 4.33. The van der Waals surface area contributed by atoms with E-state index >= 15 is 0 Å². The van der Waals surface area contributed by atoms with Crippen molar-refractivity contribution in [2.24, 2.45) is 5.73 Å². The number of benzene rings is 1. The number of anilines is 1. The number of aromatic nitrogens is 3. The molecule has 1 amide bonds. The zero-order valence-electron chi connectivity index (χ0n) is 17.7. The van der Waals surface area contributed by atoms with Crippen molar-refractivity contribution in [3.8, 4) is 0 Å². The fraction of sp³-hybridized carbons (Fsp3) is 0.435. The van der Waals surface area contributed by atoms with Crippen LogP contribution in [-0.2, 0) is 0 Å². The molecular formula is C23H27FN6O. The van der Waals surface area contributed by atoms with Crippen LogP contribution in [0.25, 0.3) is 5.65 Å². The van der Waals surface area contributed by atoms with Crippen LogP contribution in [0.3, 0.4) is 0 Å². The van der Waals surface area contributed by atoms with Gasteiger partial charge >= 0.3 is 0 Å². The van der Waals surface area contributed by atoms with Crippen molar-refractivity contribution in [1.82, 2.24) is 19.5 Å². The first kappa shape index (κ1) is 19.9. The van der Waals surface area contributed by atoms with Crippen molar-refractivity contribution < 1.29 is 9.18 Å². The Labute approximate surface area is 180 Å². The minimum atomic E-state index is -0.488. The van der Waals surface area contributed by atoms with E-state index in [9.17, 15) is 9.18 Å². The van der Waals surface area contributed by atoms with Crippen molar-refractivity contribution in [1.29, 1.82) is 0 Å². The quantitative estimate of drug-likeness (QED) is 0.702. The molecule has 1 aromatic carbocycles. The van der Waals surface area contributed by atoms with E-state index in [0.29, 0.717) is 6.54 Å². The summed E-state index contributed by atoms with van der Waals surface area (Å²) >= 11 is 0. The summed E-state index contributed by atoms with van der Waals surface area (Å²) in [4.78, 5) is 22.0. The zero-order chi connectivity index (χ0) is 21.5. The van der Waals surface area contributed by atoms with Gasteiger partial charge in [-0.15, -0.1) is 0 Å². The average molecular weight is 423 g/mol. The Hall–Kier alpha value is -3.00. The number of hydrogen-bond donors (Lipinski definition) is 1. The summed E-state index contributed by atoms with van der Waals surface area (Å²) in [7, 11) is 0. The summed E-state index contributed by atoms with van der Waals surface area (Å²) in [6.07, 6.45) is 5.66. The number of nitrogens with two attached hydrogens (primary N) is 1. The molecule has 2 aromatic heterocycles. The molecule has 2 fully saturated rings. The van der Waals surface area contributed by atoms with Crippen molar-refractivity contribution in [3.63, 3.8) is 0 Å². The van der Waals surface area contributed by atoms with Crippen LogP contribution in [-0.4, -0.2) is 51.1 Å². The highest BCUT2D eigenvalue weighted by Gasteiger charge is 2.32. The lowest BCUT2D eigenvalue weighted by Crippen LogP contribution is -2.39. The van der Waals surface area contributed by atoms with Crippen molar-refractivity contribution in [2.75, 3.05) is 24.5 Å². The predicted molar refractivity (Wildman–Crippen MR) is 117 cm³/mol. The second kappa shape index (κ2) is 7.92. The van der Waals surface area contributed by atoms with Gasteiger partial charge < -0.3 is 15.5 Å². The van der Waals surface area contributed by atoms with Crippen LogP contribution >= 0.6 is 0 Å². The van der Waals surface area contributed by atoms with Crippen molar-refractivity contribution in [3.05, 3.63) is 59.2 Å². The third-order valence-electron chi connectivity index (χ3n) is 6.36. The second-order valence-electron chi connectivity index (χ2n) is 8.60. The van der Waals surface area contributed by atoms with Gasteiger partial charge in [-0.1, -0.05) is 12.1 Å². The molecule has 2 aliphatic rings. The molecular weight excluding hydrogens is 395 g/mol. The first-order valence-corrected chi connectivity index (χ1v) is 10.9. The zero-order valence-corrected chi connectivity index (χ0v) is 17.7. The molecule has 0 spiro atoms. The van der Waals surface area contributed by atoms with E-state index in [4.69, 9.17) is 15.8 Å². The second-order valence-corrected chi connectivity index (χ2v) is 8.60. The molecule has 0 bridgehead atoms. The van der Waals surface area contributed by atoms with Crippen molar-refractivity contribution in [2.45, 2.75) is 44.7 Å². The lowest BCUT2D eigenvalue weighted by Gasteiger charge is -2.34. The first-order chi connectivity index (χ1) is 15.0. The number of carbonyl (C=O) groups excluding carboxylic acids is 1. The van der Waals surface area contributed by atoms with E-state index in [1.165, 1.54) is 6.07 Å². The van der Waals surface area contributed by atoms with Gasteiger partial charge in [0.2, 0.25) is 0 Å². The maximum atomic E-state index is 14.3. The summed E-state index contributed by atoms with van der Waals surface area (Å²) in [5.41, 5.74) is 8.78. The fourth-order valence-electron chi connectivity index (χ4n) is 4.75. The Morgan fingerprint density at radius 3 is 2.81 bits per heavy atom. The van der Waals surface area contributed by atoms with Crippen LogP contribution in [0.4, 0.5) is 10.2 Å². The summed E-state index contributed by atoms with van der Waals surface area (Å²) in [5.74, 6) is 0.170. The lowest BCUT2D eigenvalue weighted by atomic mass is 9.98. The molecule has 2 saturated heterocycles. The Morgan fingerprint density at radius 1 is 1.19 bits per heavy atom. The van der Waals surface area contributed by atoms with Gasteiger partial charge in [0.25, 0.3) is 5.91 Å². The number of hydrogen-bond acceptors (Lipinski definition) is 5. The van der Waals surface area contributed by atoms with Gasteiger partial charge in [-0.2, -0.15) is 5.10 Å². The molecule has 0 unspecified atom stereocenters. The Morgan fingerprint density at radius 2 is 2.03 bits per heavy atom. The summed E-state index contributed by atoms with van der Waals surface area (Å²) in [6, 6.07) is 8.11. The number of fused-ring (bicyclic) bond motifs is 1. The number of aryl methyl sites for hydroxylation is 1. The number of amides is 1. The molecule has 0 radical (unpaired) electrons. The molecule has 2 atom stereocenters. The molecule has 2 N–H and O–H groups in total. The maximum Gasteiger partial charge on any atom is 0.257 e. The summed E-state index contributed by atoms with van der Waals surface area (Å²) in [5, 5.41) is 4.75. The van der Waals surface area contributed by atoms with Crippen LogP contribution in [0.1, 0.15) is 53.3 Å². The Kier molecular flexibility index (Phi) is 5.09. The summed E-state index contributed by atoms with van der Waals surface area (Å²) < 4.78 is 16.0. The number of nitrogens with zero attached hydrogens (tertiary/aromatic N) is 5. The highest BCUT2D eigenvalue weighted by Crippen LogP contribution is 2.33. The number of rotatable bonds is 3. The third-order valence-corrected chi connectivity index (χ3v) is 6.36. The standard InChI is InChI=1S/C23H27FN6O/c1-15-13-30-21(26-22(15)28-11-9-16(25)14-28)12-19(27-30)20-8-4-5-10-29(20)23(31)17-6-2-3-7-18(17)24/h2-3,6-7,12-13,16,20H,4-5,8-11,14,25H2,1H3/t16-,20-/m0/s1. The highest BCUT2D eigenvalue weighted by molar-refractivity contribution is 5.94. The first-order valence-electron chi connectivity index (χ1n) is 10.9. The minimum Gasteiger partial charge on any atom is -0.355 e. The molecule has 7 nitrogen and oxygen atoms in total. The van der Waals surface area contributed by atoms with Gasteiger partial charge in [-0.05, 0) is 44.7 Å². The lowest BCUT2D eigenvalue weighted by molar-refractivity contribution is 0.0601. The number of likely N-dealkylation sites (tertiary alicyclic amines) is 1. The van der Waals surface area contributed by atoms with Crippen LogP contribution in [0.5, 0.6) is 0 Å². The normalized spacial score (nSPS) is 21.8. The van der Waals surface area contributed by atoms with E-state index in [2.05, 4.69) is 4.90 Å². The molecule has 0 saturated carbocycles. The number of halogens is 1. The highest BCUT2D eigenvalue weighted by atomic mass is 19.1. The third kappa shape index (κ3) is 3.65. The molecule has 31 heavy (non-hydrogen) atoms. The molecule has 3 aromatic rings. The Bertz CT molecular complexity index is 1130. The van der Waals surface area contributed by atoms with Crippen molar-refractivity contribution >= 4 is 17.4 Å². The van der Waals surface area contributed by atoms with Gasteiger partial charge in [0, 0.05) is 43.5 Å². The average Bonchev–Trinajstić information content (AvgIpc) is 3.38. The van der Waals surface area contributed by atoms with E-state index in [1.807, 2.05) is 19.2 Å². The SMILES string of the molecule is Cc1cn2nc([C@@H]3CCCCN3C(=O)c3ccccc3F)cc2nc1N1CC[C@H](N)C1. The van der Waals surface area contributed by atoms with Crippen LogP contribution in [0.15, 0.2) is 36.5 Å². The fourth-order valence-corrected chi connectivity index (χ4v) is 4.75. The van der Waals surface area contributed by atoms with E-state index in [1.54, 1.807) is 27.6 Å². The van der Waals surface area contributed by atoms with Crippen LogP contribution in [0, 0.1) is 12.7 Å². The van der Waals surface area contributed by atoms with E-state index in [0.717, 1.165) is 61.5 Å². The van der Waals surface area contributed by atoms with Crippen LogP contribution < -0.4 is 10.6 Å². The van der Waals surface area contributed by atoms with Gasteiger partial charge in [0.05, 0.1) is 17.3 Å². The van der Waals surface area contributed by atoms with Gasteiger partial charge in [-0.3, -0.25) is 4.79 Å². The topological polar surface area (TPSA) is 79.8 Å². The molecule has 4 heterocycles. The molecule has 162 valence electrons. The molecule has 5 rings (SSSR count). The largest absolute Gasteiger partial charge is 0.355 e. The molecule has 8 heteroatoms. The van der Waals surface area contributed by atoms with E-state index < -0.39 is 5.82 Å². The predicted octanol–water partition coefficient (Wildman–Crippen LogP) is 3.08. The number of piperidine rings is 1. The Balaban J connectivity index is 1.48.